The Hall–Kier alpha value is -2.23. The van der Waals surface area contributed by atoms with Crippen molar-refractivity contribution in [3.05, 3.63) is 30.3 Å². The fourth-order valence-electron chi connectivity index (χ4n) is 1.80. The van der Waals surface area contributed by atoms with Crippen molar-refractivity contribution in [2.45, 2.75) is 0 Å². The summed E-state index contributed by atoms with van der Waals surface area (Å²) >= 11 is 0. The molecule has 2 aromatic carbocycles. The van der Waals surface area contributed by atoms with Crippen molar-refractivity contribution in [2.24, 2.45) is 0 Å². The van der Waals surface area contributed by atoms with Crippen LogP contribution in [0.3, 0.4) is 0 Å². The number of anilines is 2. The Morgan fingerprint density at radius 2 is 1.80 bits per heavy atom. The Kier molecular flexibility index (Phi) is 1.42. The second-order valence-electron chi connectivity index (χ2n) is 3.41. The van der Waals surface area contributed by atoms with E-state index in [1.165, 1.54) is 0 Å². The van der Waals surface area contributed by atoms with Gasteiger partial charge in [-0.1, -0.05) is 24.3 Å². The van der Waals surface area contributed by atoms with Gasteiger partial charge in [-0.25, -0.2) is 0 Å². The van der Waals surface area contributed by atoms with Gasteiger partial charge in [0.1, 0.15) is 5.52 Å². The van der Waals surface area contributed by atoms with Crippen LogP contribution in [0.1, 0.15) is 0 Å². The zero-order valence-electron chi connectivity index (χ0n) is 7.90. The van der Waals surface area contributed by atoms with Gasteiger partial charge in [0.05, 0.1) is 0 Å². The van der Waals surface area contributed by atoms with E-state index >= 15 is 0 Å². The summed E-state index contributed by atoms with van der Waals surface area (Å²) in [4.78, 5) is 4.06. The van der Waals surface area contributed by atoms with Gasteiger partial charge < -0.3 is 15.9 Å². The molecule has 0 bridgehead atoms. The molecule has 74 valence electrons. The maximum atomic E-state index is 5.91. The summed E-state index contributed by atoms with van der Waals surface area (Å²) in [6.07, 6.45) is 0. The average Bonchev–Trinajstić information content (AvgIpc) is 2.59. The van der Waals surface area contributed by atoms with Crippen LogP contribution in [0, 0.1) is 0 Å². The van der Waals surface area contributed by atoms with Crippen LogP contribution in [0.15, 0.2) is 34.7 Å². The maximum absolute atomic E-state index is 5.91. The molecule has 3 rings (SSSR count). The highest BCUT2D eigenvalue weighted by Gasteiger charge is 2.09. The molecule has 4 heteroatoms. The minimum absolute atomic E-state index is 0.167. The molecular weight excluding hydrogens is 190 g/mol. The van der Waals surface area contributed by atoms with Crippen LogP contribution in [0.25, 0.3) is 21.9 Å². The van der Waals surface area contributed by atoms with E-state index in [1.54, 1.807) is 6.07 Å². The zero-order valence-corrected chi connectivity index (χ0v) is 7.90. The van der Waals surface area contributed by atoms with E-state index in [1.807, 2.05) is 24.3 Å². The fraction of sp³-hybridized carbons (Fsp3) is 0. The van der Waals surface area contributed by atoms with E-state index in [-0.39, 0.29) is 6.01 Å². The van der Waals surface area contributed by atoms with Crippen LogP contribution in [-0.2, 0) is 0 Å². The molecule has 3 aromatic rings. The van der Waals surface area contributed by atoms with Gasteiger partial charge in [0, 0.05) is 16.5 Å². The summed E-state index contributed by atoms with van der Waals surface area (Å²) in [5.74, 6) is 0. The van der Waals surface area contributed by atoms with E-state index < -0.39 is 0 Å². The van der Waals surface area contributed by atoms with Crippen molar-refractivity contribution in [3.63, 3.8) is 0 Å². The van der Waals surface area contributed by atoms with E-state index in [9.17, 15) is 0 Å². The average molecular weight is 199 g/mol. The minimum Gasteiger partial charge on any atom is -0.423 e. The number of nitrogens with zero attached hydrogens (tertiary/aromatic N) is 1. The SMILES string of the molecule is Nc1nc2cc(N)c3ccccc3c2o1. The maximum Gasteiger partial charge on any atom is 0.293 e. The highest BCUT2D eigenvalue weighted by atomic mass is 16.4. The summed E-state index contributed by atoms with van der Waals surface area (Å²) in [6.45, 7) is 0. The number of hydrogen-bond acceptors (Lipinski definition) is 4. The molecule has 0 aliphatic heterocycles. The Morgan fingerprint density at radius 1 is 1.07 bits per heavy atom. The molecule has 0 amide bonds. The predicted molar refractivity (Wildman–Crippen MR) is 60.3 cm³/mol. The second kappa shape index (κ2) is 2.63. The van der Waals surface area contributed by atoms with E-state index in [4.69, 9.17) is 15.9 Å². The van der Waals surface area contributed by atoms with Crippen molar-refractivity contribution in [1.29, 1.82) is 0 Å². The molecule has 0 spiro atoms. The largest absolute Gasteiger partial charge is 0.423 e. The van der Waals surface area contributed by atoms with Gasteiger partial charge in [-0.2, -0.15) is 4.98 Å². The first-order chi connectivity index (χ1) is 7.25. The molecule has 0 fully saturated rings. The predicted octanol–water partition coefficient (Wildman–Crippen LogP) is 2.15. The molecule has 0 saturated carbocycles. The molecule has 15 heavy (non-hydrogen) atoms. The number of hydrogen-bond donors (Lipinski definition) is 2. The minimum atomic E-state index is 0.167. The van der Waals surface area contributed by atoms with E-state index in [0.717, 1.165) is 10.8 Å². The summed E-state index contributed by atoms with van der Waals surface area (Å²) in [5, 5.41) is 1.90. The normalized spacial score (nSPS) is 11.2. The third-order valence-corrected chi connectivity index (χ3v) is 2.44. The van der Waals surface area contributed by atoms with E-state index in [2.05, 4.69) is 4.98 Å². The van der Waals surface area contributed by atoms with Crippen molar-refractivity contribution >= 4 is 33.6 Å². The van der Waals surface area contributed by atoms with Crippen molar-refractivity contribution in [1.82, 2.24) is 4.98 Å². The smallest absolute Gasteiger partial charge is 0.293 e. The Bertz CT molecular complexity index is 657. The summed E-state index contributed by atoms with van der Waals surface area (Å²) < 4.78 is 5.35. The van der Waals surface area contributed by atoms with Gasteiger partial charge in [-0.05, 0) is 6.07 Å². The van der Waals surface area contributed by atoms with Gasteiger partial charge >= 0.3 is 0 Å². The third-order valence-electron chi connectivity index (χ3n) is 2.44. The highest BCUT2D eigenvalue weighted by molar-refractivity contribution is 6.09. The highest BCUT2D eigenvalue weighted by Crippen LogP contribution is 2.30. The molecule has 0 radical (unpaired) electrons. The Labute approximate surface area is 85.5 Å². The number of fused-ring (bicyclic) bond motifs is 3. The molecule has 0 atom stereocenters. The Balaban J connectivity index is 2.62. The van der Waals surface area contributed by atoms with Gasteiger partial charge in [0.15, 0.2) is 5.58 Å². The second-order valence-corrected chi connectivity index (χ2v) is 3.41. The molecule has 0 unspecified atom stereocenters. The lowest BCUT2D eigenvalue weighted by Crippen LogP contribution is -1.87. The molecule has 1 aromatic heterocycles. The summed E-state index contributed by atoms with van der Waals surface area (Å²) in [6, 6.07) is 9.70. The van der Waals surface area contributed by atoms with Gasteiger partial charge in [-0.3, -0.25) is 0 Å². The van der Waals surface area contributed by atoms with Crippen LogP contribution in [-0.4, -0.2) is 4.98 Å². The van der Waals surface area contributed by atoms with Crippen LogP contribution >= 0.6 is 0 Å². The zero-order chi connectivity index (χ0) is 10.4. The first kappa shape index (κ1) is 8.11. The molecule has 4 nitrogen and oxygen atoms in total. The lowest BCUT2D eigenvalue weighted by molar-refractivity contribution is 0.629. The first-order valence-corrected chi connectivity index (χ1v) is 4.59. The number of rotatable bonds is 0. The lowest BCUT2D eigenvalue weighted by Gasteiger charge is -2.00. The summed E-state index contributed by atoms with van der Waals surface area (Å²) in [7, 11) is 0. The van der Waals surface area contributed by atoms with Crippen molar-refractivity contribution < 1.29 is 4.42 Å². The molecule has 0 aliphatic carbocycles. The third kappa shape index (κ3) is 1.05. The van der Waals surface area contributed by atoms with Crippen LogP contribution in [0.4, 0.5) is 11.7 Å². The standard InChI is InChI=1S/C11H9N3O/c12-8-5-9-10(15-11(13)14-9)7-4-2-1-3-6(7)8/h1-5H,12H2,(H2,13,14). The molecule has 1 heterocycles. The number of nitrogens with two attached hydrogens (primary N) is 2. The number of oxazole rings is 1. The summed E-state index contributed by atoms with van der Waals surface area (Å²) in [5.41, 5.74) is 13.5. The molecule has 4 N–H and O–H groups in total. The fourth-order valence-corrected chi connectivity index (χ4v) is 1.80. The number of aromatic nitrogens is 1. The molecule has 0 aliphatic rings. The molecule has 0 saturated heterocycles. The first-order valence-electron chi connectivity index (χ1n) is 4.59. The van der Waals surface area contributed by atoms with Crippen molar-refractivity contribution in [2.75, 3.05) is 11.5 Å². The van der Waals surface area contributed by atoms with Gasteiger partial charge in [-0.15, -0.1) is 0 Å². The molecular formula is C11H9N3O. The van der Waals surface area contributed by atoms with Crippen LogP contribution in [0.2, 0.25) is 0 Å². The van der Waals surface area contributed by atoms with Crippen molar-refractivity contribution in [3.8, 4) is 0 Å². The topological polar surface area (TPSA) is 78.1 Å². The number of benzene rings is 2. The monoisotopic (exact) mass is 199 g/mol. The quantitative estimate of drug-likeness (QED) is 0.544. The van der Waals surface area contributed by atoms with Gasteiger partial charge in [0.25, 0.3) is 6.01 Å². The van der Waals surface area contributed by atoms with Crippen LogP contribution < -0.4 is 11.5 Å². The van der Waals surface area contributed by atoms with E-state index in [0.29, 0.717) is 16.8 Å². The number of nitrogen functional groups attached to an aromatic ring is 2. The Morgan fingerprint density at radius 3 is 2.60 bits per heavy atom. The lowest BCUT2D eigenvalue weighted by atomic mass is 10.1. The van der Waals surface area contributed by atoms with Gasteiger partial charge in [0.2, 0.25) is 0 Å². The van der Waals surface area contributed by atoms with Crippen LogP contribution in [0.5, 0.6) is 0 Å².